The lowest BCUT2D eigenvalue weighted by atomic mass is 10.3. The summed E-state index contributed by atoms with van der Waals surface area (Å²) in [6.07, 6.45) is -4.90. The van der Waals surface area contributed by atoms with Crippen LogP contribution in [0.5, 0.6) is 11.5 Å². The molecule has 2 rings (SSSR count). The molecule has 0 heterocycles. The van der Waals surface area contributed by atoms with Crippen LogP contribution in [-0.4, -0.2) is 19.7 Å². The van der Waals surface area contributed by atoms with Gasteiger partial charge in [-0.2, -0.15) is 8.42 Å². The van der Waals surface area contributed by atoms with E-state index in [9.17, 15) is 31.7 Å². The largest absolute Gasteiger partial charge is 0.573 e. The Morgan fingerprint density at radius 3 is 2.17 bits per heavy atom. The summed E-state index contributed by atoms with van der Waals surface area (Å²) in [5.41, 5.74) is -0.378. The number of alkyl halides is 3. The van der Waals surface area contributed by atoms with E-state index in [1.165, 1.54) is 12.1 Å². The molecule has 0 aliphatic carbocycles. The minimum atomic E-state index is -4.90. The highest BCUT2D eigenvalue weighted by Crippen LogP contribution is 2.26. The summed E-state index contributed by atoms with van der Waals surface area (Å²) < 4.78 is 68.5. The van der Waals surface area contributed by atoms with Crippen LogP contribution in [-0.2, 0) is 10.1 Å². The molecule has 7 nitrogen and oxygen atoms in total. The summed E-state index contributed by atoms with van der Waals surface area (Å²) in [4.78, 5) is 9.46. The molecule has 0 atom stereocenters. The average molecular weight is 363 g/mol. The lowest BCUT2D eigenvalue weighted by molar-refractivity contribution is -0.384. The molecule has 11 heteroatoms. The third-order valence-corrected chi connectivity index (χ3v) is 3.84. The predicted octanol–water partition coefficient (Wildman–Crippen LogP) is 3.26. The van der Waals surface area contributed by atoms with Gasteiger partial charge in [0.05, 0.1) is 11.0 Å². The van der Waals surface area contributed by atoms with Crippen molar-refractivity contribution in [3.63, 3.8) is 0 Å². The second-order valence-corrected chi connectivity index (χ2v) is 5.86. The molecule has 128 valence electrons. The summed E-state index contributed by atoms with van der Waals surface area (Å²) in [7, 11) is -4.38. The SMILES string of the molecule is O=[N+]([O-])c1cccc(OS(=O)(=O)c2ccc(OC(F)(F)F)cc2)c1. The summed E-state index contributed by atoms with van der Waals surface area (Å²) in [5.74, 6) is -0.906. The molecule has 0 unspecified atom stereocenters. The Hall–Kier alpha value is -2.82. The van der Waals surface area contributed by atoms with Gasteiger partial charge in [-0.3, -0.25) is 10.1 Å². The Bertz CT molecular complexity index is 849. The molecule has 0 aliphatic heterocycles. The van der Waals surface area contributed by atoms with Crippen LogP contribution in [0.25, 0.3) is 0 Å². The van der Waals surface area contributed by atoms with Crippen molar-refractivity contribution in [2.45, 2.75) is 11.3 Å². The van der Waals surface area contributed by atoms with Gasteiger partial charge in [-0.15, -0.1) is 13.2 Å². The van der Waals surface area contributed by atoms with E-state index in [0.29, 0.717) is 0 Å². The zero-order valence-electron chi connectivity index (χ0n) is 11.6. The maximum Gasteiger partial charge on any atom is 0.573 e. The van der Waals surface area contributed by atoms with Crippen molar-refractivity contribution in [3.05, 3.63) is 58.6 Å². The number of ether oxygens (including phenoxy) is 1. The number of hydrogen-bond acceptors (Lipinski definition) is 6. The van der Waals surface area contributed by atoms with E-state index in [0.717, 1.165) is 36.4 Å². The van der Waals surface area contributed by atoms with Gasteiger partial charge >= 0.3 is 16.5 Å². The fourth-order valence-electron chi connectivity index (χ4n) is 1.63. The molecule has 0 aromatic heterocycles. The highest BCUT2D eigenvalue weighted by Gasteiger charge is 2.31. The quantitative estimate of drug-likeness (QED) is 0.460. The second-order valence-electron chi connectivity index (χ2n) is 4.31. The molecule has 0 aliphatic rings. The third kappa shape index (κ3) is 4.59. The van der Waals surface area contributed by atoms with Gasteiger partial charge in [0.1, 0.15) is 16.4 Å². The van der Waals surface area contributed by atoms with Crippen LogP contribution in [0, 0.1) is 10.1 Å². The van der Waals surface area contributed by atoms with Crippen LogP contribution in [0.2, 0.25) is 0 Å². The zero-order chi connectivity index (χ0) is 18.0. The van der Waals surface area contributed by atoms with Crippen LogP contribution in [0.1, 0.15) is 0 Å². The molecular weight excluding hydrogens is 355 g/mol. The van der Waals surface area contributed by atoms with Gasteiger partial charge in [0.15, 0.2) is 0 Å². The lowest BCUT2D eigenvalue weighted by Crippen LogP contribution is -2.17. The summed E-state index contributed by atoms with van der Waals surface area (Å²) >= 11 is 0. The van der Waals surface area contributed by atoms with E-state index in [1.807, 2.05) is 0 Å². The maximum absolute atomic E-state index is 12.0. The number of hydrogen-bond donors (Lipinski definition) is 0. The molecular formula is C13H8F3NO6S. The van der Waals surface area contributed by atoms with Crippen LogP contribution >= 0.6 is 0 Å². The first-order valence-corrected chi connectivity index (χ1v) is 7.52. The van der Waals surface area contributed by atoms with E-state index in [4.69, 9.17) is 4.18 Å². The molecule has 0 fully saturated rings. The van der Waals surface area contributed by atoms with Gasteiger partial charge < -0.3 is 8.92 Å². The number of benzene rings is 2. The fraction of sp³-hybridized carbons (Fsp3) is 0.0769. The molecule has 0 bridgehead atoms. The Labute approximate surface area is 133 Å². The minimum Gasteiger partial charge on any atom is -0.406 e. The molecule has 0 amide bonds. The van der Waals surface area contributed by atoms with Gasteiger partial charge in [-0.1, -0.05) is 6.07 Å². The highest BCUT2D eigenvalue weighted by atomic mass is 32.2. The third-order valence-electron chi connectivity index (χ3n) is 2.58. The zero-order valence-corrected chi connectivity index (χ0v) is 12.4. The molecule has 2 aromatic rings. The highest BCUT2D eigenvalue weighted by molar-refractivity contribution is 7.87. The Balaban J connectivity index is 2.21. The average Bonchev–Trinajstić information content (AvgIpc) is 2.46. The monoisotopic (exact) mass is 363 g/mol. The van der Waals surface area contributed by atoms with Gasteiger partial charge in [0.2, 0.25) is 0 Å². The van der Waals surface area contributed by atoms with E-state index < -0.39 is 32.0 Å². The molecule has 0 radical (unpaired) electrons. The van der Waals surface area contributed by atoms with E-state index in [2.05, 4.69) is 4.74 Å². The Kier molecular flexibility index (Phi) is 4.64. The number of nitro benzene ring substituents is 1. The van der Waals surface area contributed by atoms with Gasteiger partial charge in [0.25, 0.3) is 5.69 Å². The summed E-state index contributed by atoms with van der Waals surface area (Å²) in [6.45, 7) is 0. The summed E-state index contributed by atoms with van der Waals surface area (Å²) in [5, 5.41) is 10.6. The van der Waals surface area contributed by atoms with Crippen molar-refractivity contribution < 1.29 is 35.4 Å². The number of rotatable bonds is 5. The van der Waals surface area contributed by atoms with Crippen molar-refractivity contribution in [1.29, 1.82) is 0 Å². The fourth-order valence-corrected chi connectivity index (χ4v) is 2.55. The van der Waals surface area contributed by atoms with Gasteiger partial charge in [0, 0.05) is 6.07 Å². The number of non-ortho nitro benzene ring substituents is 1. The van der Waals surface area contributed by atoms with E-state index >= 15 is 0 Å². The molecule has 2 aromatic carbocycles. The first-order valence-electron chi connectivity index (χ1n) is 6.11. The number of halogens is 3. The first-order chi connectivity index (χ1) is 11.1. The normalized spacial score (nSPS) is 11.8. The number of nitro groups is 1. The Morgan fingerprint density at radius 1 is 1.00 bits per heavy atom. The van der Waals surface area contributed by atoms with Crippen molar-refractivity contribution in [3.8, 4) is 11.5 Å². The van der Waals surface area contributed by atoms with Crippen molar-refractivity contribution in [2.24, 2.45) is 0 Å². The first kappa shape index (κ1) is 17.5. The van der Waals surface area contributed by atoms with Crippen molar-refractivity contribution in [2.75, 3.05) is 0 Å². The Morgan fingerprint density at radius 2 is 1.62 bits per heavy atom. The van der Waals surface area contributed by atoms with Crippen molar-refractivity contribution >= 4 is 15.8 Å². The lowest BCUT2D eigenvalue weighted by Gasteiger charge is -2.10. The van der Waals surface area contributed by atoms with Crippen LogP contribution in [0.15, 0.2) is 53.4 Å². The van der Waals surface area contributed by atoms with Gasteiger partial charge in [-0.05, 0) is 30.3 Å². The molecule has 0 saturated heterocycles. The standard InChI is InChI=1S/C13H8F3NO6S/c14-13(15,16)22-10-4-6-12(7-5-10)24(20,21)23-11-3-1-2-9(8-11)17(18)19/h1-8H. The predicted molar refractivity (Wildman–Crippen MR) is 74.0 cm³/mol. The smallest absolute Gasteiger partial charge is 0.406 e. The van der Waals surface area contributed by atoms with Crippen LogP contribution in [0.3, 0.4) is 0 Å². The minimum absolute atomic E-state index is 0.306. The second kappa shape index (κ2) is 6.35. The number of nitrogens with zero attached hydrogens (tertiary/aromatic N) is 1. The topological polar surface area (TPSA) is 95.7 Å². The van der Waals surface area contributed by atoms with Crippen LogP contribution < -0.4 is 8.92 Å². The van der Waals surface area contributed by atoms with Crippen LogP contribution in [0.4, 0.5) is 18.9 Å². The van der Waals surface area contributed by atoms with Gasteiger partial charge in [-0.25, -0.2) is 0 Å². The summed E-state index contributed by atoms with van der Waals surface area (Å²) in [6, 6.07) is 7.77. The van der Waals surface area contributed by atoms with E-state index in [1.54, 1.807) is 0 Å². The van der Waals surface area contributed by atoms with E-state index in [-0.39, 0.29) is 11.4 Å². The molecule has 24 heavy (non-hydrogen) atoms. The molecule has 0 N–H and O–H groups in total. The molecule has 0 saturated carbocycles. The molecule has 0 spiro atoms. The van der Waals surface area contributed by atoms with Crippen molar-refractivity contribution in [1.82, 2.24) is 0 Å². The maximum atomic E-state index is 12.0.